The Morgan fingerprint density at radius 1 is 0.947 bits per heavy atom. The van der Waals surface area contributed by atoms with Crippen molar-refractivity contribution in [1.82, 2.24) is 10.2 Å². The fourth-order valence-corrected chi connectivity index (χ4v) is 6.71. The molecule has 3 aliphatic rings. The van der Waals surface area contributed by atoms with Crippen LogP contribution in [0.2, 0.25) is 0 Å². The molecular weight excluding hydrogens is 478 g/mol. The van der Waals surface area contributed by atoms with Crippen LogP contribution < -0.4 is 10.6 Å². The van der Waals surface area contributed by atoms with Crippen LogP contribution >= 0.6 is 0 Å². The summed E-state index contributed by atoms with van der Waals surface area (Å²) in [6.07, 6.45) is 6.56. The smallest absolute Gasteiger partial charge is 0.305 e. The van der Waals surface area contributed by atoms with E-state index in [1.807, 2.05) is 12.1 Å². The first-order valence-electron chi connectivity index (χ1n) is 14.1. The molecule has 1 saturated carbocycles. The molecule has 0 aromatic heterocycles. The van der Waals surface area contributed by atoms with Gasteiger partial charge >= 0.3 is 5.97 Å². The van der Waals surface area contributed by atoms with Crippen molar-refractivity contribution >= 4 is 23.5 Å². The number of anilines is 1. The van der Waals surface area contributed by atoms with Gasteiger partial charge < -0.3 is 20.3 Å². The molecule has 2 N–H and O–H groups in total. The number of ether oxygens (including phenoxy) is 1. The summed E-state index contributed by atoms with van der Waals surface area (Å²) in [6.45, 7) is 0.734. The predicted octanol–water partition coefficient (Wildman–Crippen LogP) is 5.15. The van der Waals surface area contributed by atoms with Crippen LogP contribution in [-0.4, -0.2) is 42.4 Å². The molecule has 1 saturated heterocycles. The Kier molecular flexibility index (Phi) is 8.30. The highest BCUT2D eigenvalue weighted by molar-refractivity contribution is 5.83. The van der Waals surface area contributed by atoms with Crippen LogP contribution in [0.25, 0.3) is 0 Å². The second kappa shape index (κ2) is 12.0. The molecule has 2 fully saturated rings. The molecular formula is C31H39N3O4. The summed E-state index contributed by atoms with van der Waals surface area (Å²) in [5, 5.41) is 6.96. The first kappa shape index (κ1) is 26.3. The van der Waals surface area contributed by atoms with E-state index in [-0.39, 0.29) is 41.8 Å². The number of hydrogen-bond acceptors (Lipinski definition) is 5. The lowest BCUT2D eigenvalue weighted by Gasteiger charge is -2.42. The number of fused-ring (bicyclic) bond motifs is 3. The normalized spacial score (nSPS) is 26.0. The second-order valence-corrected chi connectivity index (χ2v) is 10.9. The molecule has 0 bridgehead atoms. The highest BCUT2D eigenvalue weighted by Crippen LogP contribution is 2.51. The molecule has 7 heteroatoms. The zero-order valence-electron chi connectivity index (χ0n) is 22.2. The van der Waals surface area contributed by atoms with Crippen molar-refractivity contribution in [3.8, 4) is 0 Å². The number of carbonyl (C=O) groups is 3. The number of rotatable bonds is 8. The van der Waals surface area contributed by atoms with Crippen molar-refractivity contribution in [1.29, 1.82) is 0 Å². The van der Waals surface area contributed by atoms with E-state index in [1.54, 1.807) is 0 Å². The zero-order chi connectivity index (χ0) is 26.5. The quantitative estimate of drug-likeness (QED) is 0.373. The highest BCUT2D eigenvalue weighted by Gasteiger charge is 2.48. The summed E-state index contributed by atoms with van der Waals surface area (Å²) in [4.78, 5) is 40.4. The average molecular weight is 518 g/mol. The van der Waals surface area contributed by atoms with E-state index in [2.05, 4.69) is 62.7 Å². The van der Waals surface area contributed by atoms with E-state index in [1.165, 1.54) is 18.2 Å². The predicted molar refractivity (Wildman–Crippen MR) is 146 cm³/mol. The first-order valence-corrected chi connectivity index (χ1v) is 14.1. The van der Waals surface area contributed by atoms with Gasteiger partial charge in [-0.3, -0.25) is 14.4 Å². The number of benzene rings is 2. The minimum absolute atomic E-state index is 0.0294. The number of nitrogens with zero attached hydrogens (tertiary/aromatic N) is 1. The lowest BCUT2D eigenvalue weighted by Crippen LogP contribution is -2.50. The van der Waals surface area contributed by atoms with E-state index in [4.69, 9.17) is 0 Å². The van der Waals surface area contributed by atoms with Gasteiger partial charge in [0.2, 0.25) is 11.8 Å². The number of carbonyl (C=O) groups excluding carboxylic acids is 3. The number of hydrogen-bond donors (Lipinski definition) is 2. The van der Waals surface area contributed by atoms with Crippen LogP contribution in [0.1, 0.15) is 81.0 Å². The van der Waals surface area contributed by atoms with E-state index in [0.29, 0.717) is 31.6 Å². The van der Waals surface area contributed by atoms with Crippen molar-refractivity contribution in [3.05, 3.63) is 65.7 Å². The molecule has 0 radical (unpaired) electrons. The van der Waals surface area contributed by atoms with Gasteiger partial charge in [-0.25, -0.2) is 0 Å². The molecule has 0 spiro atoms. The monoisotopic (exact) mass is 517 g/mol. The summed E-state index contributed by atoms with van der Waals surface area (Å²) in [6, 6.07) is 19.0. The minimum Gasteiger partial charge on any atom is -0.469 e. The number of unbranched alkanes of at least 4 members (excludes halogenated alkanes) is 1. The van der Waals surface area contributed by atoms with Gasteiger partial charge in [-0.05, 0) is 49.3 Å². The van der Waals surface area contributed by atoms with Crippen molar-refractivity contribution in [2.75, 3.05) is 19.0 Å². The van der Waals surface area contributed by atoms with E-state index >= 15 is 0 Å². The summed E-state index contributed by atoms with van der Waals surface area (Å²) in [7, 11) is 1.38. The Bertz CT molecular complexity index is 1140. The second-order valence-electron chi connectivity index (χ2n) is 10.9. The Labute approximate surface area is 225 Å². The van der Waals surface area contributed by atoms with E-state index < -0.39 is 0 Å². The topological polar surface area (TPSA) is 87.7 Å². The maximum absolute atomic E-state index is 14.2. The van der Waals surface area contributed by atoms with Gasteiger partial charge in [0.25, 0.3) is 0 Å². The van der Waals surface area contributed by atoms with Gasteiger partial charge in [0, 0.05) is 37.0 Å². The Balaban J connectivity index is 1.30. The van der Waals surface area contributed by atoms with Crippen LogP contribution in [0, 0.1) is 11.8 Å². The fraction of sp³-hybridized carbons (Fsp3) is 0.516. The number of likely N-dealkylation sites (tertiary alicyclic amines) is 1. The molecule has 7 nitrogen and oxygen atoms in total. The van der Waals surface area contributed by atoms with Gasteiger partial charge in [-0.1, -0.05) is 61.4 Å². The molecule has 1 aliphatic carbocycles. The molecule has 5 rings (SSSR count). The summed E-state index contributed by atoms with van der Waals surface area (Å²) in [5.74, 6) is -0.00499. The molecule has 0 unspecified atom stereocenters. The number of nitrogens with one attached hydrogen (secondary N) is 2. The third-order valence-corrected chi connectivity index (χ3v) is 8.60. The van der Waals surface area contributed by atoms with Crippen molar-refractivity contribution in [2.45, 2.75) is 75.9 Å². The average Bonchev–Trinajstić information content (AvgIpc) is 3.41. The van der Waals surface area contributed by atoms with Crippen molar-refractivity contribution < 1.29 is 19.1 Å². The molecule has 5 atom stereocenters. The Morgan fingerprint density at radius 2 is 1.68 bits per heavy atom. The van der Waals surface area contributed by atoms with Gasteiger partial charge in [0.05, 0.1) is 25.1 Å². The SMILES string of the molecule is COC(=O)CCCCC(=O)N[C@@H]1CCCC[C@@H]1C(=O)N1CC[C@@H]2[C@H](c3ccccc3)Nc3ccccc3[C@@H]21. The Hall–Kier alpha value is -3.35. The van der Waals surface area contributed by atoms with Crippen LogP contribution in [0.15, 0.2) is 54.6 Å². The fourth-order valence-electron chi connectivity index (χ4n) is 6.71. The number of methoxy groups -OCH3 is 1. The minimum atomic E-state index is -0.249. The largest absolute Gasteiger partial charge is 0.469 e. The first-order chi connectivity index (χ1) is 18.6. The van der Waals surface area contributed by atoms with Crippen LogP contribution in [-0.2, 0) is 19.1 Å². The molecule has 2 heterocycles. The molecule has 2 aliphatic heterocycles. The van der Waals surface area contributed by atoms with Crippen LogP contribution in [0.3, 0.4) is 0 Å². The third kappa shape index (κ3) is 5.57. The van der Waals surface area contributed by atoms with Gasteiger partial charge in [0.1, 0.15) is 0 Å². The standard InChI is InChI=1S/C31H39N3O4/c1-38-28(36)18-10-9-17-27(35)32-26-16-8-6-14-23(26)31(37)34-20-19-24-29(21-11-3-2-4-12-21)33-25-15-7-5-13-22(25)30(24)34/h2-5,7,11-13,15,23-24,26,29-30,33H,6,8-10,14,16-20H2,1H3,(H,32,35)/t23-,24+,26+,29-,30-/m0/s1. The zero-order valence-corrected chi connectivity index (χ0v) is 22.2. The van der Waals surface area contributed by atoms with Gasteiger partial charge in [-0.15, -0.1) is 0 Å². The number of esters is 1. The summed E-state index contributed by atoms with van der Waals surface area (Å²) in [5.41, 5.74) is 3.54. The maximum Gasteiger partial charge on any atom is 0.305 e. The summed E-state index contributed by atoms with van der Waals surface area (Å²) >= 11 is 0. The third-order valence-electron chi connectivity index (χ3n) is 8.60. The summed E-state index contributed by atoms with van der Waals surface area (Å²) < 4.78 is 4.67. The highest BCUT2D eigenvalue weighted by atomic mass is 16.5. The molecule has 2 aromatic carbocycles. The van der Waals surface area contributed by atoms with Crippen molar-refractivity contribution in [2.24, 2.45) is 11.8 Å². The van der Waals surface area contributed by atoms with Crippen LogP contribution in [0.4, 0.5) is 5.69 Å². The van der Waals surface area contributed by atoms with Crippen LogP contribution in [0.5, 0.6) is 0 Å². The molecule has 2 amide bonds. The van der Waals surface area contributed by atoms with Crippen molar-refractivity contribution in [3.63, 3.8) is 0 Å². The molecule has 202 valence electrons. The molecule has 2 aromatic rings. The lowest BCUT2D eigenvalue weighted by atomic mass is 9.79. The van der Waals surface area contributed by atoms with E-state index in [0.717, 1.165) is 44.3 Å². The number of para-hydroxylation sites is 1. The number of amides is 2. The Morgan fingerprint density at radius 3 is 2.50 bits per heavy atom. The maximum atomic E-state index is 14.2. The molecule has 38 heavy (non-hydrogen) atoms. The van der Waals surface area contributed by atoms with Gasteiger partial charge in [0.15, 0.2) is 0 Å². The van der Waals surface area contributed by atoms with E-state index in [9.17, 15) is 14.4 Å². The lowest BCUT2D eigenvalue weighted by molar-refractivity contribution is -0.141. The van der Waals surface area contributed by atoms with Gasteiger partial charge in [-0.2, -0.15) is 0 Å².